The Bertz CT molecular complexity index is 417. The van der Waals surface area contributed by atoms with Crippen LogP contribution in [0.1, 0.15) is 20.7 Å². The first-order chi connectivity index (χ1) is 7.57. The van der Waals surface area contributed by atoms with E-state index in [0.29, 0.717) is 0 Å². The second-order valence-corrected chi connectivity index (χ2v) is 3.05. The molecular weight excluding hydrogens is 212 g/mol. The summed E-state index contributed by atoms with van der Waals surface area (Å²) >= 11 is 0. The van der Waals surface area contributed by atoms with Gasteiger partial charge in [0.1, 0.15) is 0 Å². The number of amides is 1. The Kier molecular flexibility index (Phi) is 3.84. The maximum Gasteiger partial charge on any atom is 0.338 e. The van der Waals surface area contributed by atoms with Gasteiger partial charge in [-0.3, -0.25) is 4.79 Å². The molecule has 0 aliphatic rings. The number of carbonyl (C=O) groups excluding carboxylic acids is 1. The fourth-order valence-electron chi connectivity index (χ4n) is 1.26. The molecule has 0 aliphatic carbocycles. The smallest absolute Gasteiger partial charge is 0.338 e. The van der Waals surface area contributed by atoms with Crippen LogP contribution in [0.3, 0.4) is 0 Å². The number of carboxylic acids is 1. The molecule has 1 aromatic carbocycles. The number of aliphatic hydroxyl groups is 1. The summed E-state index contributed by atoms with van der Waals surface area (Å²) in [7, 11) is 0. The van der Waals surface area contributed by atoms with Crippen LogP contribution in [0.15, 0.2) is 18.2 Å². The molecule has 0 spiro atoms. The van der Waals surface area contributed by atoms with Crippen molar-refractivity contribution in [2.75, 3.05) is 18.9 Å². The molecule has 0 aromatic heterocycles. The van der Waals surface area contributed by atoms with Crippen LogP contribution in [-0.2, 0) is 0 Å². The average molecular weight is 224 g/mol. The van der Waals surface area contributed by atoms with Gasteiger partial charge in [-0.15, -0.1) is 0 Å². The first kappa shape index (κ1) is 12.0. The summed E-state index contributed by atoms with van der Waals surface area (Å²) in [5.74, 6) is -1.83. The van der Waals surface area contributed by atoms with E-state index in [-0.39, 0.29) is 30.0 Å². The van der Waals surface area contributed by atoms with Gasteiger partial charge in [-0.25, -0.2) is 4.79 Å². The minimum Gasteiger partial charge on any atom is -0.478 e. The standard InChI is InChI=1S/C10H12N2O4/c11-7-3-1-2-6(8(7)10(15)16)9(14)12-4-5-13/h1-3,13H,4-5,11H2,(H,12,14)(H,15,16). The topological polar surface area (TPSA) is 113 Å². The van der Waals surface area contributed by atoms with Crippen molar-refractivity contribution in [2.24, 2.45) is 0 Å². The summed E-state index contributed by atoms with van der Waals surface area (Å²) in [5, 5.41) is 19.8. The summed E-state index contributed by atoms with van der Waals surface area (Å²) in [6.07, 6.45) is 0. The van der Waals surface area contributed by atoms with Gasteiger partial charge in [-0.1, -0.05) is 6.07 Å². The van der Waals surface area contributed by atoms with Crippen LogP contribution >= 0.6 is 0 Å². The summed E-state index contributed by atoms with van der Waals surface area (Å²) in [6.45, 7) is -0.150. The maximum absolute atomic E-state index is 11.5. The number of nitrogens with two attached hydrogens (primary N) is 1. The number of hydrogen-bond acceptors (Lipinski definition) is 4. The van der Waals surface area contributed by atoms with E-state index >= 15 is 0 Å². The summed E-state index contributed by atoms with van der Waals surface area (Å²) in [6, 6.07) is 4.27. The summed E-state index contributed by atoms with van der Waals surface area (Å²) in [4.78, 5) is 22.5. The zero-order valence-corrected chi connectivity index (χ0v) is 8.43. The number of aromatic carboxylic acids is 1. The third kappa shape index (κ3) is 2.48. The number of rotatable bonds is 4. The minimum absolute atomic E-state index is 0.0130. The SMILES string of the molecule is Nc1cccc(C(=O)NCCO)c1C(=O)O. The van der Waals surface area contributed by atoms with E-state index in [4.69, 9.17) is 15.9 Å². The zero-order chi connectivity index (χ0) is 12.1. The molecule has 16 heavy (non-hydrogen) atoms. The summed E-state index contributed by atoms with van der Waals surface area (Å²) < 4.78 is 0. The fourth-order valence-corrected chi connectivity index (χ4v) is 1.26. The highest BCUT2D eigenvalue weighted by atomic mass is 16.4. The molecule has 0 saturated heterocycles. The van der Waals surface area contributed by atoms with Crippen molar-refractivity contribution in [1.29, 1.82) is 0 Å². The average Bonchev–Trinajstić information content (AvgIpc) is 2.24. The Hall–Kier alpha value is -2.08. The number of anilines is 1. The Morgan fingerprint density at radius 3 is 2.62 bits per heavy atom. The molecule has 6 heteroatoms. The van der Waals surface area contributed by atoms with Crippen molar-refractivity contribution in [1.82, 2.24) is 5.32 Å². The van der Waals surface area contributed by atoms with E-state index in [1.807, 2.05) is 0 Å². The highest BCUT2D eigenvalue weighted by molar-refractivity contribution is 6.07. The van der Waals surface area contributed by atoms with E-state index in [1.165, 1.54) is 18.2 Å². The number of aliphatic hydroxyl groups excluding tert-OH is 1. The predicted octanol–water partition coefficient (Wildman–Crippen LogP) is -0.311. The van der Waals surface area contributed by atoms with Gasteiger partial charge in [0.25, 0.3) is 5.91 Å². The van der Waals surface area contributed by atoms with Crippen LogP contribution in [0.4, 0.5) is 5.69 Å². The molecule has 0 bridgehead atoms. The summed E-state index contributed by atoms with van der Waals surface area (Å²) in [5.41, 5.74) is 5.27. The van der Waals surface area contributed by atoms with Crippen molar-refractivity contribution in [2.45, 2.75) is 0 Å². The van der Waals surface area contributed by atoms with Crippen LogP contribution < -0.4 is 11.1 Å². The van der Waals surface area contributed by atoms with Crippen LogP contribution in [0.25, 0.3) is 0 Å². The van der Waals surface area contributed by atoms with Crippen molar-refractivity contribution in [3.63, 3.8) is 0 Å². The molecule has 1 amide bonds. The zero-order valence-electron chi connectivity index (χ0n) is 8.43. The molecule has 5 N–H and O–H groups in total. The van der Waals surface area contributed by atoms with Gasteiger partial charge in [-0.2, -0.15) is 0 Å². The quantitative estimate of drug-likeness (QED) is 0.524. The Morgan fingerprint density at radius 2 is 2.06 bits per heavy atom. The molecule has 6 nitrogen and oxygen atoms in total. The highest BCUT2D eigenvalue weighted by Gasteiger charge is 2.18. The van der Waals surface area contributed by atoms with Gasteiger partial charge in [-0.05, 0) is 12.1 Å². The molecule has 0 aliphatic heterocycles. The van der Waals surface area contributed by atoms with Gasteiger partial charge in [0, 0.05) is 12.2 Å². The van der Waals surface area contributed by atoms with Crippen molar-refractivity contribution in [3.8, 4) is 0 Å². The Morgan fingerprint density at radius 1 is 1.38 bits per heavy atom. The molecule has 0 heterocycles. The first-order valence-corrected chi connectivity index (χ1v) is 4.58. The largest absolute Gasteiger partial charge is 0.478 e. The van der Waals surface area contributed by atoms with Gasteiger partial charge in [0.05, 0.1) is 17.7 Å². The predicted molar refractivity (Wildman–Crippen MR) is 57.2 cm³/mol. The molecule has 1 rings (SSSR count). The highest BCUT2D eigenvalue weighted by Crippen LogP contribution is 2.16. The third-order valence-corrected chi connectivity index (χ3v) is 1.95. The lowest BCUT2D eigenvalue weighted by molar-refractivity contribution is 0.0692. The van der Waals surface area contributed by atoms with E-state index in [0.717, 1.165) is 0 Å². The van der Waals surface area contributed by atoms with Gasteiger partial charge < -0.3 is 21.3 Å². The second-order valence-electron chi connectivity index (χ2n) is 3.05. The lowest BCUT2D eigenvalue weighted by Crippen LogP contribution is -2.28. The van der Waals surface area contributed by atoms with Gasteiger partial charge >= 0.3 is 5.97 Å². The normalized spacial score (nSPS) is 9.81. The lowest BCUT2D eigenvalue weighted by Gasteiger charge is -2.08. The number of carbonyl (C=O) groups is 2. The van der Waals surface area contributed by atoms with Crippen LogP contribution in [0.5, 0.6) is 0 Å². The lowest BCUT2D eigenvalue weighted by atomic mass is 10.0. The third-order valence-electron chi connectivity index (χ3n) is 1.95. The monoisotopic (exact) mass is 224 g/mol. The molecule has 0 fully saturated rings. The number of nitrogen functional groups attached to an aromatic ring is 1. The molecular formula is C10H12N2O4. The molecule has 0 radical (unpaired) electrons. The molecule has 86 valence electrons. The van der Waals surface area contributed by atoms with Gasteiger partial charge in [0.2, 0.25) is 0 Å². The fraction of sp³-hybridized carbons (Fsp3) is 0.200. The van der Waals surface area contributed by atoms with Crippen molar-refractivity contribution < 1.29 is 19.8 Å². The molecule has 1 aromatic rings. The van der Waals surface area contributed by atoms with E-state index in [2.05, 4.69) is 5.32 Å². The maximum atomic E-state index is 11.5. The second kappa shape index (κ2) is 5.13. The Labute approximate surface area is 91.7 Å². The number of nitrogens with one attached hydrogen (secondary N) is 1. The Balaban J connectivity index is 3.08. The molecule has 0 unspecified atom stereocenters. The minimum atomic E-state index is -1.26. The molecule has 0 atom stereocenters. The van der Waals surface area contributed by atoms with Crippen LogP contribution in [0.2, 0.25) is 0 Å². The van der Waals surface area contributed by atoms with Crippen molar-refractivity contribution in [3.05, 3.63) is 29.3 Å². The number of hydrogen-bond donors (Lipinski definition) is 4. The van der Waals surface area contributed by atoms with E-state index < -0.39 is 11.9 Å². The number of carboxylic acid groups (broad SMARTS) is 1. The molecule has 0 saturated carbocycles. The van der Waals surface area contributed by atoms with Gasteiger partial charge in [0.15, 0.2) is 0 Å². The van der Waals surface area contributed by atoms with Crippen molar-refractivity contribution >= 4 is 17.6 Å². The van der Waals surface area contributed by atoms with Crippen LogP contribution in [-0.4, -0.2) is 35.2 Å². The first-order valence-electron chi connectivity index (χ1n) is 4.58. The van der Waals surface area contributed by atoms with E-state index in [9.17, 15) is 9.59 Å². The van der Waals surface area contributed by atoms with Crippen LogP contribution in [0, 0.1) is 0 Å². The number of benzene rings is 1. The van der Waals surface area contributed by atoms with E-state index in [1.54, 1.807) is 0 Å².